The minimum absolute atomic E-state index is 0.562. The Balaban J connectivity index is 2.61. The molecular formula is C10H10ClF. The first-order valence-electron chi connectivity index (χ1n) is 4.08. The Morgan fingerprint density at radius 2 is 2.25 bits per heavy atom. The predicted octanol–water partition coefficient (Wildman–Crippen LogP) is 3.47. The zero-order valence-corrected chi connectivity index (χ0v) is 7.66. The van der Waals surface area contributed by atoms with Gasteiger partial charge in [-0.15, -0.1) is 0 Å². The number of fused-ring (bicyclic) bond motifs is 1. The van der Waals surface area contributed by atoms with Gasteiger partial charge >= 0.3 is 0 Å². The molecule has 1 aromatic carbocycles. The number of benzene rings is 1. The first kappa shape index (κ1) is 8.06. The number of alkyl halides is 1. The van der Waals surface area contributed by atoms with Crippen LogP contribution in [0.5, 0.6) is 0 Å². The second kappa shape index (κ2) is 2.46. The molecule has 0 radical (unpaired) electrons. The third kappa shape index (κ3) is 1.04. The molecule has 1 aliphatic rings. The normalized spacial score (nSPS) is 27.2. The van der Waals surface area contributed by atoms with Gasteiger partial charge in [0.15, 0.2) is 0 Å². The van der Waals surface area contributed by atoms with Gasteiger partial charge in [-0.25, -0.2) is 4.39 Å². The molecule has 0 spiro atoms. The van der Waals surface area contributed by atoms with Gasteiger partial charge in [0.1, 0.15) is 5.67 Å². The summed E-state index contributed by atoms with van der Waals surface area (Å²) in [6.07, 6.45) is 1.33. The molecule has 0 aromatic heterocycles. The molecule has 0 bridgehead atoms. The van der Waals surface area contributed by atoms with Gasteiger partial charge in [-0.1, -0.05) is 23.7 Å². The summed E-state index contributed by atoms with van der Waals surface area (Å²) in [7, 11) is 0. The smallest absolute Gasteiger partial charge is 0.133 e. The molecule has 1 atom stereocenters. The van der Waals surface area contributed by atoms with Crippen LogP contribution in [-0.2, 0) is 12.1 Å². The van der Waals surface area contributed by atoms with Crippen molar-refractivity contribution in [1.82, 2.24) is 0 Å². The second-order valence-electron chi connectivity index (χ2n) is 3.46. The van der Waals surface area contributed by atoms with Crippen molar-refractivity contribution in [1.29, 1.82) is 0 Å². The fourth-order valence-electron chi connectivity index (χ4n) is 1.80. The molecule has 1 aliphatic carbocycles. The standard InChI is InChI=1S/C10H10ClF/c1-10(12)6-5-7-8(10)3-2-4-9(7)11/h2-4H,5-6H2,1H3. The number of rotatable bonds is 0. The van der Waals surface area contributed by atoms with Crippen molar-refractivity contribution in [3.05, 3.63) is 34.3 Å². The maximum Gasteiger partial charge on any atom is 0.133 e. The Kier molecular flexibility index (Phi) is 1.65. The van der Waals surface area contributed by atoms with E-state index < -0.39 is 5.67 Å². The topological polar surface area (TPSA) is 0 Å². The van der Waals surface area contributed by atoms with Gasteiger partial charge in [0.25, 0.3) is 0 Å². The lowest BCUT2D eigenvalue weighted by Gasteiger charge is -2.13. The number of halogens is 2. The summed E-state index contributed by atoms with van der Waals surface area (Å²) >= 11 is 5.93. The van der Waals surface area contributed by atoms with E-state index in [0.717, 1.165) is 17.5 Å². The maximum atomic E-state index is 13.7. The summed E-state index contributed by atoms with van der Waals surface area (Å²) < 4.78 is 13.7. The average Bonchev–Trinajstić information content (AvgIpc) is 2.30. The number of hydrogen-bond acceptors (Lipinski definition) is 0. The van der Waals surface area contributed by atoms with E-state index in [9.17, 15) is 4.39 Å². The molecule has 0 saturated heterocycles. The molecule has 0 N–H and O–H groups in total. The molecule has 1 aromatic rings. The Labute approximate surface area is 76.4 Å². The molecule has 1 unspecified atom stereocenters. The maximum absolute atomic E-state index is 13.7. The zero-order valence-electron chi connectivity index (χ0n) is 6.90. The van der Waals surface area contributed by atoms with Crippen molar-refractivity contribution in [2.24, 2.45) is 0 Å². The van der Waals surface area contributed by atoms with Crippen LogP contribution in [0.15, 0.2) is 18.2 Å². The van der Waals surface area contributed by atoms with Crippen LogP contribution >= 0.6 is 11.6 Å². The van der Waals surface area contributed by atoms with Crippen LogP contribution in [0.25, 0.3) is 0 Å². The van der Waals surface area contributed by atoms with Gasteiger partial charge in [-0.05, 0) is 37.0 Å². The van der Waals surface area contributed by atoms with Crippen LogP contribution in [0.3, 0.4) is 0 Å². The first-order valence-corrected chi connectivity index (χ1v) is 4.46. The molecule has 0 nitrogen and oxygen atoms in total. The molecule has 0 saturated carbocycles. The molecule has 64 valence electrons. The third-order valence-electron chi connectivity index (χ3n) is 2.52. The Hall–Kier alpha value is -0.560. The average molecular weight is 185 g/mol. The van der Waals surface area contributed by atoms with Gasteiger partial charge < -0.3 is 0 Å². The second-order valence-corrected chi connectivity index (χ2v) is 3.87. The van der Waals surface area contributed by atoms with E-state index in [1.165, 1.54) is 0 Å². The minimum Gasteiger partial charge on any atom is -0.239 e. The van der Waals surface area contributed by atoms with Gasteiger partial charge in [0.2, 0.25) is 0 Å². The summed E-state index contributed by atoms with van der Waals surface area (Å²) in [6.45, 7) is 1.62. The van der Waals surface area contributed by atoms with E-state index in [-0.39, 0.29) is 0 Å². The fourth-order valence-corrected chi connectivity index (χ4v) is 2.06. The van der Waals surface area contributed by atoms with Crippen LogP contribution in [0, 0.1) is 0 Å². The monoisotopic (exact) mass is 184 g/mol. The third-order valence-corrected chi connectivity index (χ3v) is 2.88. The highest BCUT2D eigenvalue weighted by Crippen LogP contribution is 2.42. The highest BCUT2D eigenvalue weighted by Gasteiger charge is 2.34. The Bertz CT molecular complexity index is 318. The molecule has 0 amide bonds. The van der Waals surface area contributed by atoms with Crippen molar-refractivity contribution < 1.29 is 4.39 Å². The van der Waals surface area contributed by atoms with Crippen LogP contribution < -0.4 is 0 Å². The van der Waals surface area contributed by atoms with E-state index in [4.69, 9.17) is 11.6 Å². The predicted molar refractivity (Wildman–Crippen MR) is 48.2 cm³/mol. The van der Waals surface area contributed by atoms with E-state index in [1.807, 2.05) is 18.2 Å². The quantitative estimate of drug-likeness (QED) is 0.579. The fraction of sp³-hybridized carbons (Fsp3) is 0.400. The lowest BCUT2D eigenvalue weighted by molar-refractivity contribution is 0.194. The molecule has 0 fully saturated rings. The van der Waals surface area contributed by atoms with Crippen LogP contribution in [-0.4, -0.2) is 0 Å². The van der Waals surface area contributed by atoms with Crippen LogP contribution in [0.2, 0.25) is 5.02 Å². The van der Waals surface area contributed by atoms with E-state index in [1.54, 1.807) is 6.92 Å². The van der Waals surface area contributed by atoms with Crippen LogP contribution in [0.1, 0.15) is 24.5 Å². The van der Waals surface area contributed by atoms with Gasteiger partial charge in [-0.2, -0.15) is 0 Å². The molecular weight excluding hydrogens is 175 g/mol. The first-order chi connectivity index (χ1) is 5.61. The minimum atomic E-state index is -1.17. The Morgan fingerprint density at radius 1 is 1.50 bits per heavy atom. The molecule has 12 heavy (non-hydrogen) atoms. The SMILES string of the molecule is CC1(F)CCc2c(Cl)cccc21. The molecule has 0 heterocycles. The molecule has 2 heteroatoms. The molecule has 2 rings (SSSR count). The zero-order chi connectivity index (χ0) is 8.77. The highest BCUT2D eigenvalue weighted by atomic mass is 35.5. The van der Waals surface area contributed by atoms with E-state index in [0.29, 0.717) is 11.4 Å². The van der Waals surface area contributed by atoms with Crippen molar-refractivity contribution in [3.63, 3.8) is 0 Å². The molecule has 0 aliphatic heterocycles. The Morgan fingerprint density at radius 3 is 2.92 bits per heavy atom. The summed E-state index contributed by atoms with van der Waals surface area (Å²) in [5, 5.41) is 0.703. The van der Waals surface area contributed by atoms with Crippen molar-refractivity contribution >= 4 is 11.6 Å². The van der Waals surface area contributed by atoms with Crippen molar-refractivity contribution in [3.8, 4) is 0 Å². The van der Waals surface area contributed by atoms with Crippen molar-refractivity contribution in [2.45, 2.75) is 25.4 Å². The summed E-state index contributed by atoms with van der Waals surface area (Å²) in [5.41, 5.74) is 0.597. The van der Waals surface area contributed by atoms with Gasteiger partial charge in [0.05, 0.1) is 0 Å². The number of hydrogen-bond donors (Lipinski definition) is 0. The largest absolute Gasteiger partial charge is 0.239 e. The lowest BCUT2D eigenvalue weighted by atomic mass is 10.0. The summed E-state index contributed by atoms with van der Waals surface area (Å²) in [4.78, 5) is 0. The van der Waals surface area contributed by atoms with Crippen molar-refractivity contribution in [2.75, 3.05) is 0 Å². The lowest BCUT2D eigenvalue weighted by Crippen LogP contribution is -2.09. The van der Waals surface area contributed by atoms with Gasteiger partial charge in [0, 0.05) is 5.02 Å². The van der Waals surface area contributed by atoms with E-state index in [2.05, 4.69) is 0 Å². The summed E-state index contributed by atoms with van der Waals surface area (Å²) in [5.74, 6) is 0. The van der Waals surface area contributed by atoms with Crippen LogP contribution in [0.4, 0.5) is 4.39 Å². The summed E-state index contributed by atoms with van der Waals surface area (Å²) in [6, 6.07) is 5.46. The highest BCUT2D eigenvalue weighted by molar-refractivity contribution is 6.31. The van der Waals surface area contributed by atoms with Gasteiger partial charge in [-0.3, -0.25) is 0 Å². The van der Waals surface area contributed by atoms with E-state index >= 15 is 0 Å².